The Morgan fingerprint density at radius 2 is 1.93 bits per heavy atom. The van der Waals surface area contributed by atoms with E-state index in [9.17, 15) is 4.79 Å². The highest BCUT2D eigenvalue weighted by Gasteiger charge is 2.51. The van der Waals surface area contributed by atoms with Gasteiger partial charge < -0.3 is 10.2 Å². The molecule has 0 saturated carbocycles. The minimum Gasteiger partial charge on any atom is -0.355 e. The Balaban J connectivity index is 1.46. The summed E-state index contributed by atoms with van der Waals surface area (Å²) in [5, 5.41) is 3.26. The van der Waals surface area contributed by atoms with Crippen molar-refractivity contribution in [1.82, 2.24) is 30.1 Å². The minimum atomic E-state index is -0.307. The molecule has 29 heavy (non-hydrogen) atoms. The molecule has 154 valence electrons. The van der Waals surface area contributed by atoms with E-state index in [1.54, 1.807) is 18.7 Å². The largest absolute Gasteiger partial charge is 0.355 e. The van der Waals surface area contributed by atoms with E-state index in [4.69, 9.17) is 0 Å². The number of hydrogen-bond donors (Lipinski definition) is 1. The molecule has 4 heterocycles. The number of carbonyl (C=O) groups is 1. The zero-order valence-electron chi connectivity index (χ0n) is 17.1. The smallest absolute Gasteiger partial charge is 0.227 e. The van der Waals surface area contributed by atoms with E-state index in [1.807, 2.05) is 24.5 Å². The lowest BCUT2D eigenvalue weighted by molar-refractivity contribution is -0.145. The molecule has 7 heteroatoms. The molecular weight excluding hydrogens is 364 g/mol. The molecular formula is C22H30N6O. The molecule has 1 amide bonds. The van der Waals surface area contributed by atoms with Gasteiger partial charge in [0.2, 0.25) is 5.91 Å². The first-order chi connectivity index (χ1) is 14.2. The second kappa shape index (κ2) is 8.97. The number of carbonyl (C=O) groups excluding carboxylic acids is 1. The first kappa shape index (κ1) is 19.9. The molecule has 2 fully saturated rings. The van der Waals surface area contributed by atoms with Crippen LogP contribution in [0.15, 0.2) is 43.2 Å². The second-order valence-electron chi connectivity index (χ2n) is 8.37. The van der Waals surface area contributed by atoms with Gasteiger partial charge in [-0.1, -0.05) is 0 Å². The van der Waals surface area contributed by atoms with Crippen LogP contribution in [-0.4, -0.2) is 69.9 Å². The van der Waals surface area contributed by atoms with Gasteiger partial charge in [0, 0.05) is 56.0 Å². The molecule has 2 saturated heterocycles. The Kier molecular flexibility index (Phi) is 6.16. The highest BCUT2D eigenvalue weighted by atomic mass is 16.2. The van der Waals surface area contributed by atoms with Gasteiger partial charge in [-0.3, -0.25) is 14.7 Å². The van der Waals surface area contributed by atoms with E-state index in [1.165, 1.54) is 5.56 Å². The number of rotatable bonds is 6. The number of likely N-dealkylation sites (N-methyl/N-ethyl adjacent to an activating group) is 1. The fourth-order valence-corrected chi connectivity index (χ4v) is 4.89. The molecule has 2 aromatic heterocycles. The average molecular weight is 395 g/mol. The molecule has 7 nitrogen and oxygen atoms in total. The maximum atomic E-state index is 13.5. The number of hydrogen-bond acceptors (Lipinski definition) is 6. The van der Waals surface area contributed by atoms with E-state index in [-0.39, 0.29) is 17.4 Å². The third kappa shape index (κ3) is 4.46. The molecule has 2 aliphatic rings. The van der Waals surface area contributed by atoms with Crippen molar-refractivity contribution in [1.29, 1.82) is 0 Å². The molecule has 0 aliphatic carbocycles. The van der Waals surface area contributed by atoms with E-state index in [0.29, 0.717) is 6.54 Å². The van der Waals surface area contributed by atoms with Gasteiger partial charge in [-0.25, -0.2) is 9.97 Å². The Morgan fingerprint density at radius 1 is 1.14 bits per heavy atom. The van der Waals surface area contributed by atoms with Crippen LogP contribution in [0.1, 0.15) is 30.4 Å². The molecule has 2 aliphatic heterocycles. The van der Waals surface area contributed by atoms with Gasteiger partial charge in [-0.2, -0.15) is 0 Å². The number of piperidine rings is 2. The van der Waals surface area contributed by atoms with Crippen LogP contribution < -0.4 is 5.32 Å². The van der Waals surface area contributed by atoms with Crippen LogP contribution >= 0.6 is 0 Å². The predicted octanol–water partition coefficient (Wildman–Crippen LogP) is 1.52. The molecule has 2 aromatic rings. The van der Waals surface area contributed by atoms with Gasteiger partial charge >= 0.3 is 0 Å². The summed E-state index contributed by atoms with van der Waals surface area (Å²) in [6.07, 6.45) is 12.7. The maximum Gasteiger partial charge on any atom is 0.227 e. The van der Waals surface area contributed by atoms with Gasteiger partial charge in [-0.15, -0.1) is 0 Å². The molecule has 2 atom stereocenters. The topological polar surface area (TPSA) is 74.2 Å². The molecule has 0 aromatic carbocycles. The van der Waals surface area contributed by atoms with E-state index in [2.05, 4.69) is 37.1 Å². The lowest BCUT2D eigenvalue weighted by Crippen LogP contribution is -2.65. The lowest BCUT2D eigenvalue weighted by atomic mass is 9.67. The van der Waals surface area contributed by atoms with Crippen LogP contribution in [-0.2, 0) is 17.8 Å². The summed E-state index contributed by atoms with van der Waals surface area (Å²) in [5.41, 5.74) is 2.00. The number of fused-ring (bicyclic) bond motifs is 1. The van der Waals surface area contributed by atoms with Crippen LogP contribution in [0, 0.1) is 5.41 Å². The van der Waals surface area contributed by atoms with E-state index in [0.717, 1.165) is 57.4 Å². The summed E-state index contributed by atoms with van der Waals surface area (Å²) in [6, 6.07) is 4.23. The van der Waals surface area contributed by atoms with Gasteiger partial charge in [0.1, 0.15) is 6.33 Å². The summed E-state index contributed by atoms with van der Waals surface area (Å²) < 4.78 is 0. The number of nitrogens with zero attached hydrogens (tertiary/aromatic N) is 5. The van der Waals surface area contributed by atoms with Crippen molar-refractivity contribution < 1.29 is 4.79 Å². The summed E-state index contributed by atoms with van der Waals surface area (Å²) in [7, 11) is 2.16. The molecule has 0 unspecified atom stereocenters. The van der Waals surface area contributed by atoms with Crippen LogP contribution in [0.2, 0.25) is 0 Å². The number of amides is 1. The Bertz CT molecular complexity index is 801. The number of nitrogens with one attached hydrogen (secondary N) is 1. The van der Waals surface area contributed by atoms with Gasteiger partial charge in [0.25, 0.3) is 0 Å². The Morgan fingerprint density at radius 3 is 2.72 bits per heavy atom. The zero-order valence-corrected chi connectivity index (χ0v) is 17.1. The number of aromatic nitrogens is 3. The Labute approximate surface area is 172 Å². The lowest BCUT2D eigenvalue weighted by Gasteiger charge is -2.53. The molecule has 0 radical (unpaired) electrons. The zero-order chi connectivity index (χ0) is 20.1. The molecule has 0 bridgehead atoms. The standard InChI is InChI=1S/C22H30N6O/c1-27-12-7-22(21(29)26-10-5-18-3-8-23-9-4-18)6-2-11-28(20(22)16-27)15-19-13-24-17-25-14-19/h3-4,8-9,13-14,17,20H,2,5-7,10-12,15-16H2,1H3,(H,26,29)/t20-,22+/m0/s1. The van der Waals surface area contributed by atoms with Crippen molar-refractivity contribution >= 4 is 5.91 Å². The third-order valence-corrected chi connectivity index (χ3v) is 6.47. The number of likely N-dealkylation sites (tertiary alicyclic amines) is 2. The monoisotopic (exact) mass is 394 g/mol. The number of pyridine rings is 1. The normalized spacial score (nSPS) is 25.3. The summed E-state index contributed by atoms with van der Waals surface area (Å²) in [4.78, 5) is 30.7. The fourth-order valence-electron chi connectivity index (χ4n) is 4.89. The first-order valence-electron chi connectivity index (χ1n) is 10.5. The van der Waals surface area contributed by atoms with Crippen molar-refractivity contribution in [2.75, 3.05) is 33.2 Å². The summed E-state index contributed by atoms with van der Waals surface area (Å²) in [6.45, 7) is 4.37. The highest BCUT2D eigenvalue weighted by Crippen LogP contribution is 2.43. The third-order valence-electron chi connectivity index (χ3n) is 6.47. The fraction of sp³-hybridized carbons (Fsp3) is 0.545. The second-order valence-corrected chi connectivity index (χ2v) is 8.37. The van der Waals surface area contributed by atoms with Gasteiger partial charge in [0.05, 0.1) is 5.41 Å². The summed E-state index contributed by atoms with van der Waals surface area (Å²) >= 11 is 0. The quantitative estimate of drug-likeness (QED) is 0.801. The SMILES string of the molecule is CN1CC[C@]2(C(=O)NCCc3ccncc3)CCCN(Cc3cncnc3)[C@H]2C1. The average Bonchev–Trinajstić information content (AvgIpc) is 2.76. The maximum absolute atomic E-state index is 13.5. The van der Waals surface area contributed by atoms with E-state index < -0.39 is 0 Å². The van der Waals surface area contributed by atoms with Crippen molar-refractivity contribution in [3.63, 3.8) is 0 Å². The molecule has 4 rings (SSSR count). The van der Waals surface area contributed by atoms with Crippen LogP contribution in [0.5, 0.6) is 0 Å². The van der Waals surface area contributed by atoms with Crippen molar-refractivity contribution in [3.05, 3.63) is 54.4 Å². The minimum absolute atomic E-state index is 0.219. The summed E-state index contributed by atoms with van der Waals surface area (Å²) in [5.74, 6) is 0.221. The molecule has 1 N–H and O–H groups in total. The van der Waals surface area contributed by atoms with E-state index >= 15 is 0 Å². The first-order valence-corrected chi connectivity index (χ1v) is 10.5. The van der Waals surface area contributed by atoms with Crippen LogP contribution in [0.25, 0.3) is 0 Å². The van der Waals surface area contributed by atoms with Crippen molar-refractivity contribution in [2.24, 2.45) is 5.41 Å². The van der Waals surface area contributed by atoms with Crippen LogP contribution in [0.4, 0.5) is 0 Å². The van der Waals surface area contributed by atoms with Crippen LogP contribution in [0.3, 0.4) is 0 Å². The Hall–Kier alpha value is -2.38. The predicted molar refractivity (Wildman–Crippen MR) is 111 cm³/mol. The van der Waals surface area contributed by atoms with Crippen molar-refractivity contribution in [2.45, 2.75) is 38.3 Å². The highest BCUT2D eigenvalue weighted by molar-refractivity contribution is 5.84. The molecule has 0 spiro atoms. The van der Waals surface area contributed by atoms with Gasteiger partial charge in [0.15, 0.2) is 0 Å². The van der Waals surface area contributed by atoms with Crippen molar-refractivity contribution in [3.8, 4) is 0 Å². The van der Waals surface area contributed by atoms with Gasteiger partial charge in [-0.05, 0) is 63.5 Å².